The van der Waals surface area contributed by atoms with Gasteiger partial charge in [-0.3, -0.25) is 0 Å². The number of nitrogens with two attached hydrogens (primary N) is 1. The summed E-state index contributed by atoms with van der Waals surface area (Å²) in [6.07, 6.45) is 1.17. The zero-order chi connectivity index (χ0) is 14.7. The van der Waals surface area contributed by atoms with E-state index in [4.69, 9.17) is 5.73 Å². The molecule has 19 heavy (non-hydrogen) atoms. The van der Waals surface area contributed by atoms with Crippen molar-refractivity contribution in [2.75, 3.05) is 6.54 Å². The SMILES string of the molecule is CCC(CC)(CN)NS(=O)(=O)c1ccc(F)c(Br)c1. The van der Waals surface area contributed by atoms with Crippen molar-refractivity contribution in [3.8, 4) is 0 Å². The van der Waals surface area contributed by atoms with Crippen molar-refractivity contribution in [2.45, 2.75) is 37.1 Å². The molecule has 0 atom stereocenters. The molecule has 1 aromatic rings. The Bertz CT molecular complexity index is 536. The molecule has 0 saturated heterocycles. The molecule has 1 aromatic carbocycles. The molecule has 0 aliphatic heterocycles. The van der Waals surface area contributed by atoms with Crippen molar-refractivity contribution in [1.82, 2.24) is 4.72 Å². The summed E-state index contributed by atoms with van der Waals surface area (Å²) in [7, 11) is -3.72. The molecular formula is C12H18BrFN2O2S. The summed E-state index contributed by atoms with van der Waals surface area (Å²) < 4.78 is 40.4. The zero-order valence-corrected chi connectivity index (χ0v) is 13.3. The molecule has 0 amide bonds. The molecule has 7 heteroatoms. The molecule has 0 bridgehead atoms. The Hall–Kier alpha value is -0.500. The van der Waals surface area contributed by atoms with Gasteiger partial charge in [-0.25, -0.2) is 17.5 Å². The van der Waals surface area contributed by atoms with Crippen LogP contribution < -0.4 is 10.5 Å². The Kier molecular flexibility index (Phi) is 5.49. The lowest BCUT2D eigenvalue weighted by atomic mass is 9.95. The van der Waals surface area contributed by atoms with Crippen LogP contribution in [0.2, 0.25) is 0 Å². The van der Waals surface area contributed by atoms with Gasteiger partial charge in [-0.05, 0) is 47.0 Å². The van der Waals surface area contributed by atoms with E-state index in [-0.39, 0.29) is 15.9 Å². The quantitative estimate of drug-likeness (QED) is 0.825. The highest BCUT2D eigenvalue weighted by atomic mass is 79.9. The summed E-state index contributed by atoms with van der Waals surface area (Å²) >= 11 is 2.98. The van der Waals surface area contributed by atoms with Gasteiger partial charge >= 0.3 is 0 Å². The first kappa shape index (κ1) is 16.6. The number of halogens is 2. The van der Waals surface area contributed by atoms with Gasteiger partial charge in [0.25, 0.3) is 0 Å². The predicted octanol–water partition coefficient (Wildman–Crippen LogP) is 2.38. The normalized spacial score (nSPS) is 12.7. The molecule has 108 valence electrons. The van der Waals surface area contributed by atoms with Crippen molar-refractivity contribution in [3.05, 3.63) is 28.5 Å². The largest absolute Gasteiger partial charge is 0.329 e. The van der Waals surface area contributed by atoms with Gasteiger partial charge in [0.1, 0.15) is 5.82 Å². The van der Waals surface area contributed by atoms with Crippen LogP contribution in [-0.4, -0.2) is 20.5 Å². The average molecular weight is 353 g/mol. The fraction of sp³-hybridized carbons (Fsp3) is 0.500. The molecule has 0 spiro atoms. The van der Waals surface area contributed by atoms with Gasteiger partial charge in [-0.2, -0.15) is 0 Å². The summed E-state index contributed by atoms with van der Waals surface area (Å²) in [6, 6.07) is 3.58. The summed E-state index contributed by atoms with van der Waals surface area (Å²) in [6.45, 7) is 3.96. The first-order chi connectivity index (χ1) is 8.80. The second kappa shape index (κ2) is 6.30. The first-order valence-corrected chi connectivity index (χ1v) is 8.27. The zero-order valence-electron chi connectivity index (χ0n) is 10.9. The number of hydrogen-bond acceptors (Lipinski definition) is 3. The molecule has 0 aromatic heterocycles. The van der Waals surface area contributed by atoms with Crippen LogP contribution in [0.1, 0.15) is 26.7 Å². The molecular weight excluding hydrogens is 335 g/mol. The summed E-state index contributed by atoms with van der Waals surface area (Å²) in [5.74, 6) is -0.505. The van der Waals surface area contributed by atoms with Gasteiger partial charge < -0.3 is 5.73 Å². The minimum Gasteiger partial charge on any atom is -0.329 e. The number of nitrogens with one attached hydrogen (secondary N) is 1. The summed E-state index contributed by atoms with van der Waals surface area (Å²) in [5, 5.41) is 0. The second-order valence-electron chi connectivity index (χ2n) is 4.37. The minimum atomic E-state index is -3.72. The highest BCUT2D eigenvalue weighted by Gasteiger charge is 2.30. The Balaban J connectivity index is 3.14. The molecule has 0 saturated carbocycles. The van der Waals surface area contributed by atoms with Crippen molar-refractivity contribution >= 4 is 26.0 Å². The molecule has 0 aliphatic carbocycles. The molecule has 0 fully saturated rings. The molecule has 0 radical (unpaired) electrons. The van der Waals surface area contributed by atoms with E-state index >= 15 is 0 Å². The first-order valence-electron chi connectivity index (χ1n) is 5.99. The maximum Gasteiger partial charge on any atom is 0.241 e. The third-order valence-corrected chi connectivity index (χ3v) is 5.48. The van der Waals surface area contributed by atoms with Crippen LogP contribution in [0, 0.1) is 5.82 Å². The van der Waals surface area contributed by atoms with Crippen LogP contribution in [0.5, 0.6) is 0 Å². The highest BCUT2D eigenvalue weighted by Crippen LogP contribution is 2.22. The molecule has 3 N–H and O–H groups in total. The van der Waals surface area contributed by atoms with Crippen LogP contribution in [0.25, 0.3) is 0 Å². The Morgan fingerprint density at radius 3 is 2.37 bits per heavy atom. The van der Waals surface area contributed by atoms with E-state index in [0.717, 1.165) is 6.07 Å². The van der Waals surface area contributed by atoms with Crippen molar-refractivity contribution < 1.29 is 12.8 Å². The van der Waals surface area contributed by atoms with Crippen molar-refractivity contribution in [1.29, 1.82) is 0 Å². The van der Waals surface area contributed by atoms with Crippen LogP contribution >= 0.6 is 15.9 Å². The van der Waals surface area contributed by atoms with E-state index in [2.05, 4.69) is 20.7 Å². The minimum absolute atomic E-state index is 0.0144. The van der Waals surface area contributed by atoms with Gasteiger partial charge in [-0.1, -0.05) is 13.8 Å². The molecule has 0 unspecified atom stereocenters. The summed E-state index contributed by atoms with van der Waals surface area (Å²) in [4.78, 5) is 0.0144. The second-order valence-corrected chi connectivity index (χ2v) is 6.91. The smallest absolute Gasteiger partial charge is 0.241 e. The fourth-order valence-corrected chi connectivity index (χ4v) is 3.82. The highest BCUT2D eigenvalue weighted by molar-refractivity contribution is 9.10. The van der Waals surface area contributed by atoms with E-state index in [1.165, 1.54) is 12.1 Å². The third-order valence-electron chi connectivity index (χ3n) is 3.30. The van der Waals surface area contributed by atoms with E-state index in [1.54, 1.807) is 0 Å². The maximum atomic E-state index is 13.1. The maximum absolute atomic E-state index is 13.1. The van der Waals surface area contributed by atoms with Crippen LogP contribution in [0.3, 0.4) is 0 Å². The number of benzene rings is 1. The Morgan fingerprint density at radius 1 is 1.37 bits per heavy atom. The number of hydrogen-bond donors (Lipinski definition) is 2. The summed E-state index contributed by atoms with van der Waals surface area (Å²) in [5.41, 5.74) is 5.00. The van der Waals surface area contributed by atoms with Crippen LogP contribution in [0.4, 0.5) is 4.39 Å². The van der Waals surface area contributed by atoms with Gasteiger partial charge in [0.15, 0.2) is 0 Å². The lowest BCUT2D eigenvalue weighted by Gasteiger charge is -2.31. The number of sulfonamides is 1. The van der Waals surface area contributed by atoms with Gasteiger partial charge in [0, 0.05) is 12.1 Å². The van der Waals surface area contributed by atoms with Gasteiger partial charge in [0.05, 0.1) is 9.37 Å². The average Bonchev–Trinajstić information content (AvgIpc) is 2.39. The van der Waals surface area contributed by atoms with E-state index in [0.29, 0.717) is 12.8 Å². The number of rotatable bonds is 6. The Morgan fingerprint density at radius 2 is 1.95 bits per heavy atom. The van der Waals surface area contributed by atoms with E-state index in [9.17, 15) is 12.8 Å². The predicted molar refractivity (Wildman–Crippen MR) is 76.8 cm³/mol. The van der Waals surface area contributed by atoms with Crippen LogP contribution in [-0.2, 0) is 10.0 Å². The van der Waals surface area contributed by atoms with Gasteiger partial charge in [0.2, 0.25) is 10.0 Å². The monoisotopic (exact) mass is 352 g/mol. The van der Waals surface area contributed by atoms with E-state index in [1.807, 2.05) is 13.8 Å². The van der Waals surface area contributed by atoms with E-state index < -0.39 is 21.4 Å². The standard InChI is InChI=1S/C12H18BrFN2O2S/c1-3-12(4-2,8-15)16-19(17,18)9-5-6-11(14)10(13)7-9/h5-7,16H,3-4,8,15H2,1-2H3. The van der Waals surface area contributed by atoms with Gasteiger partial charge in [-0.15, -0.1) is 0 Å². The fourth-order valence-electron chi connectivity index (χ4n) is 1.71. The lowest BCUT2D eigenvalue weighted by Crippen LogP contribution is -2.52. The lowest BCUT2D eigenvalue weighted by molar-refractivity contribution is 0.363. The molecule has 0 heterocycles. The van der Waals surface area contributed by atoms with Crippen LogP contribution in [0.15, 0.2) is 27.6 Å². The topological polar surface area (TPSA) is 72.2 Å². The molecule has 4 nitrogen and oxygen atoms in total. The molecule has 0 aliphatic rings. The molecule has 1 rings (SSSR count). The van der Waals surface area contributed by atoms with Crippen molar-refractivity contribution in [2.24, 2.45) is 5.73 Å². The van der Waals surface area contributed by atoms with Crippen molar-refractivity contribution in [3.63, 3.8) is 0 Å². The third kappa shape index (κ3) is 3.75. The Labute approximate surface area is 121 Å².